The van der Waals surface area contributed by atoms with E-state index in [9.17, 15) is 23.2 Å². The minimum atomic E-state index is -2.98. The zero-order valence-corrected chi connectivity index (χ0v) is 20.3. The van der Waals surface area contributed by atoms with Crippen molar-refractivity contribution >= 4 is 17.9 Å². The molecule has 37 heavy (non-hydrogen) atoms. The van der Waals surface area contributed by atoms with Gasteiger partial charge in [0.05, 0.1) is 6.61 Å². The van der Waals surface area contributed by atoms with Gasteiger partial charge in [-0.05, 0) is 60.6 Å². The van der Waals surface area contributed by atoms with Crippen LogP contribution in [0.2, 0.25) is 0 Å². The highest BCUT2D eigenvalue weighted by atomic mass is 19.3. The maximum atomic E-state index is 13.1. The third kappa shape index (κ3) is 7.08. The van der Waals surface area contributed by atoms with E-state index < -0.39 is 18.7 Å². The Hall–Kier alpha value is -3.89. The van der Waals surface area contributed by atoms with E-state index in [0.29, 0.717) is 31.1 Å². The Kier molecular flexibility index (Phi) is 8.10. The topological polar surface area (TPSA) is 120 Å². The first-order valence-electron chi connectivity index (χ1n) is 12.0. The van der Waals surface area contributed by atoms with E-state index in [1.54, 1.807) is 36.4 Å². The minimum Gasteiger partial charge on any atom is -0.489 e. The van der Waals surface area contributed by atoms with Crippen molar-refractivity contribution in [1.29, 1.82) is 0 Å². The highest BCUT2D eigenvalue weighted by molar-refractivity contribution is 5.87. The third-order valence-corrected chi connectivity index (χ3v) is 6.42. The summed E-state index contributed by atoms with van der Waals surface area (Å²) >= 11 is 0. The molecule has 1 aliphatic carbocycles. The molecule has 1 heterocycles. The highest BCUT2D eigenvalue weighted by Crippen LogP contribution is 2.39. The smallest absolute Gasteiger partial charge is 0.409 e. The van der Waals surface area contributed by atoms with Crippen molar-refractivity contribution in [1.82, 2.24) is 10.2 Å². The Labute approximate surface area is 212 Å². The van der Waals surface area contributed by atoms with Gasteiger partial charge < -0.3 is 30.2 Å². The standard InChI is InChI=1S/C26H29F2N3O6/c1-15(32)31-13-19(18-7-8-22(37-25(27)28)23(11-18)35-14-16-5-6-16)10-21(31)24(33)30-12-17-3-2-4-20(9-17)36-26(29)34/h2-4,7-9,11,16,19,21,25H,5-6,10,12-14H2,1H3,(H2,29,34)(H,30,33)/t19?,21-/m1/s1. The minimum absolute atomic E-state index is 0.0438. The van der Waals surface area contributed by atoms with Gasteiger partial charge in [-0.2, -0.15) is 8.78 Å². The van der Waals surface area contributed by atoms with Crippen molar-refractivity contribution in [3.8, 4) is 17.2 Å². The van der Waals surface area contributed by atoms with Crippen molar-refractivity contribution in [2.24, 2.45) is 11.7 Å². The first-order chi connectivity index (χ1) is 17.7. The summed E-state index contributed by atoms with van der Waals surface area (Å²) in [5.74, 6) is 0.0750. The van der Waals surface area contributed by atoms with Crippen molar-refractivity contribution in [2.45, 2.75) is 51.3 Å². The van der Waals surface area contributed by atoms with Gasteiger partial charge in [0.25, 0.3) is 0 Å². The van der Waals surface area contributed by atoms with Crippen LogP contribution < -0.4 is 25.3 Å². The van der Waals surface area contributed by atoms with Crippen LogP contribution in [0.4, 0.5) is 13.6 Å². The summed E-state index contributed by atoms with van der Waals surface area (Å²) in [6.07, 6.45) is 1.50. The number of hydrogen-bond acceptors (Lipinski definition) is 6. The lowest BCUT2D eigenvalue weighted by Crippen LogP contribution is -2.44. The molecule has 2 aliphatic rings. The number of likely N-dealkylation sites (tertiary alicyclic amines) is 1. The molecule has 2 fully saturated rings. The van der Waals surface area contributed by atoms with Crippen molar-refractivity contribution in [3.05, 3.63) is 53.6 Å². The van der Waals surface area contributed by atoms with Crippen LogP contribution in [-0.4, -0.2) is 48.6 Å². The van der Waals surface area contributed by atoms with Crippen LogP contribution in [0.3, 0.4) is 0 Å². The number of nitrogens with zero attached hydrogens (tertiary/aromatic N) is 1. The monoisotopic (exact) mass is 517 g/mol. The molecule has 4 rings (SSSR count). The third-order valence-electron chi connectivity index (χ3n) is 6.42. The number of carbonyl (C=O) groups is 3. The number of halogens is 2. The van der Waals surface area contributed by atoms with E-state index in [2.05, 4.69) is 10.1 Å². The molecule has 2 atom stereocenters. The van der Waals surface area contributed by atoms with Gasteiger partial charge in [0.15, 0.2) is 11.5 Å². The molecule has 0 bridgehead atoms. The summed E-state index contributed by atoms with van der Waals surface area (Å²) in [6.45, 7) is -0.710. The Balaban J connectivity index is 1.45. The van der Waals surface area contributed by atoms with Crippen molar-refractivity contribution in [3.63, 3.8) is 0 Å². The lowest BCUT2D eigenvalue weighted by molar-refractivity contribution is -0.136. The molecule has 1 aliphatic heterocycles. The van der Waals surface area contributed by atoms with E-state index in [1.165, 1.54) is 17.9 Å². The first kappa shape index (κ1) is 26.2. The van der Waals surface area contributed by atoms with Gasteiger partial charge in [-0.1, -0.05) is 18.2 Å². The summed E-state index contributed by atoms with van der Waals surface area (Å²) in [6, 6.07) is 10.6. The second-order valence-corrected chi connectivity index (χ2v) is 9.25. The van der Waals surface area contributed by atoms with Gasteiger partial charge in [-0.25, -0.2) is 4.79 Å². The molecule has 0 aromatic heterocycles. The summed E-state index contributed by atoms with van der Waals surface area (Å²) < 4.78 is 41.0. The van der Waals surface area contributed by atoms with Crippen LogP contribution in [0.15, 0.2) is 42.5 Å². The summed E-state index contributed by atoms with van der Waals surface area (Å²) in [7, 11) is 0. The maximum Gasteiger partial charge on any atom is 0.409 e. The van der Waals surface area contributed by atoms with E-state index >= 15 is 0 Å². The molecule has 0 spiro atoms. The molecular weight excluding hydrogens is 488 g/mol. The average molecular weight is 518 g/mol. The van der Waals surface area contributed by atoms with Crippen LogP contribution in [0, 0.1) is 5.92 Å². The van der Waals surface area contributed by atoms with Crippen LogP contribution in [0.5, 0.6) is 17.2 Å². The van der Waals surface area contributed by atoms with Gasteiger partial charge in [-0.3, -0.25) is 9.59 Å². The molecule has 3 N–H and O–H groups in total. The van der Waals surface area contributed by atoms with E-state index in [1.807, 2.05) is 0 Å². The summed E-state index contributed by atoms with van der Waals surface area (Å²) in [4.78, 5) is 37.9. The predicted molar refractivity (Wildman–Crippen MR) is 128 cm³/mol. The number of benzene rings is 2. The fourth-order valence-corrected chi connectivity index (χ4v) is 4.39. The molecule has 1 saturated carbocycles. The van der Waals surface area contributed by atoms with Gasteiger partial charge in [0, 0.05) is 25.9 Å². The Morgan fingerprint density at radius 2 is 1.92 bits per heavy atom. The Morgan fingerprint density at radius 3 is 2.59 bits per heavy atom. The number of primary amides is 1. The van der Waals surface area contributed by atoms with Crippen LogP contribution in [-0.2, 0) is 16.1 Å². The Morgan fingerprint density at radius 1 is 1.14 bits per heavy atom. The van der Waals surface area contributed by atoms with Gasteiger partial charge in [0.1, 0.15) is 11.8 Å². The van der Waals surface area contributed by atoms with Gasteiger partial charge in [-0.15, -0.1) is 0 Å². The zero-order valence-electron chi connectivity index (χ0n) is 20.3. The van der Waals surface area contributed by atoms with Crippen LogP contribution in [0.1, 0.15) is 43.2 Å². The van der Waals surface area contributed by atoms with E-state index in [0.717, 1.165) is 18.4 Å². The van der Waals surface area contributed by atoms with E-state index in [4.69, 9.17) is 15.2 Å². The Bertz CT molecular complexity index is 1160. The molecule has 198 valence electrons. The second kappa shape index (κ2) is 11.4. The summed E-state index contributed by atoms with van der Waals surface area (Å²) in [5.41, 5.74) is 6.49. The molecule has 1 saturated heterocycles. The molecular formula is C26H29F2N3O6. The molecule has 11 heteroatoms. The number of amides is 3. The first-order valence-corrected chi connectivity index (χ1v) is 12.0. The van der Waals surface area contributed by atoms with Gasteiger partial charge in [0.2, 0.25) is 11.8 Å². The maximum absolute atomic E-state index is 13.1. The van der Waals surface area contributed by atoms with Crippen molar-refractivity contribution < 1.29 is 37.4 Å². The molecule has 0 radical (unpaired) electrons. The predicted octanol–water partition coefficient (Wildman–Crippen LogP) is 3.56. The molecule has 2 aromatic carbocycles. The second-order valence-electron chi connectivity index (χ2n) is 9.25. The number of alkyl halides is 2. The van der Waals surface area contributed by atoms with Crippen LogP contribution in [0.25, 0.3) is 0 Å². The number of carbonyl (C=O) groups excluding carboxylic acids is 3. The number of nitrogens with two attached hydrogens (primary N) is 1. The van der Waals surface area contributed by atoms with Crippen molar-refractivity contribution in [2.75, 3.05) is 13.2 Å². The van der Waals surface area contributed by atoms with Crippen LogP contribution >= 0.6 is 0 Å². The lowest BCUT2D eigenvalue weighted by Gasteiger charge is -2.22. The quantitative estimate of drug-likeness (QED) is 0.497. The van der Waals surface area contributed by atoms with E-state index in [-0.39, 0.29) is 41.5 Å². The average Bonchev–Trinajstić information content (AvgIpc) is 3.56. The SMILES string of the molecule is CC(=O)N1CC(c2ccc(OC(F)F)c(OCC3CC3)c2)C[C@@H]1C(=O)NCc1cccc(OC(N)=O)c1. The summed E-state index contributed by atoms with van der Waals surface area (Å²) in [5, 5.41) is 2.83. The molecule has 2 aromatic rings. The largest absolute Gasteiger partial charge is 0.489 e. The number of rotatable bonds is 10. The van der Waals surface area contributed by atoms with Gasteiger partial charge >= 0.3 is 12.7 Å². The number of hydrogen-bond donors (Lipinski definition) is 2. The molecule has 3 amide bonds. The normalized spacial score (nSPS) is 19.0. The molecule has 9 nitrogen and oxygen atoms in total. The fourth-order valence-electron chi connectivity index (χ4n) is 4.39. The lowest BCUT2D eigenvalue weighted by atomic mass is 9.95. The number of nitrogens with one attached hydrogen (secondary N) is 1. The fraction of sp³-hybridized carbons (Fsp3) is 0.423. The zero-order chi connectivity index (χ0) is 26.5. The number of ether oxygens (including phenoxy) is 3. The molecule has 1 unspecified atom stereocenters. The highest BCUT2D eigenvalue weighted by Gasteiger charge is 2.39.